The molecule has 5 rings (SSSR count). The Labute approximate surface area is 173 Å². The first-order chi connectivity index (χ1) is 14.8. The molecular weight excluding hydrogens is 380 g/mol. The first kappa shape index (κ1) is 18.3. The van der Waals surface area contributed by atoms with E-state index in [1.54, 1.807) is 41.2 Å². The summed E-state index contributed by atoms with van der Waals surface area (Å²) in [5.74, 6) is 0.783. The minimum Gasteiger partial charge on any atom is -0.378 e. The predicted octanol–water partition coefficient (Wildman–Crippen LogP) is 2.88. The van der Waals surface area contributed by atoms with E-state index in [-0.39, 0.29) is 5.91 Å². The summed E-state index contributed by atoms with van der Waals surface area (Å²) in [5, 5.41) is 7.39. The van der Waals surface area contributed by atoms with Crippen molar-refractivity contribution < 1.29 is 9.53 Å². The first-order valence-electron chi connectivity index (χ1n) is 9.79. The number of pyridine rings is 2. The Hall–Kier alpha value is -3.78. The molecule has 4 heterocycles. The van der Waals surface area contributed by atoms with Crippen molar-refractivity contribution in [2.45, 2.75) is 0 Å². The van der Waals surface area contributed by atoms with Crippen LogP contribution in [0, 0.1) is 0 Å². The van der Waals surface area contributed by atoms with E-state index in [1.807, 2.05) is 18.2 Å². The fourth-order valence-corrected chi connectivity index (χ4v) is 3.49. The van der Waals surface area contributed by atoms with Crippen molar-refractivity contribution in [1.82, 2.24) is 19.6 Å². The Morgan fingerprint density at radius 1 is 1.03 bits per heavy atom. The Kier molecular flexibility index (Phi) is 4.82. The zero-order chi connectivity index (χ0) is 20.3. The van der Waals surface area contributed by atoms with E-state index in [0.717, 1.165) is 37.6 Å². The molecule has 0 bridgehead atoms. The molecule has 3 aromatic heterocycles. The average molecular weight is 400 g/mol. The zero-order valence-electron chi connectivity index (χ0n) is 16.2. The van der Waals surface area contributed by atoms with Gasteiger partial charge in [-0.05, 0) is 36.4 Å². The van der Waals surface area contributed by atoms with Crippen LogP contribution in [-0.4, -0.2) is 51.8 Å². The number of amides is 1. The van der Waals surface area contributed by atoms with Gasteiger partial charge in [0, 0.05) is 36.7 Å². The van der Waals surface area contributed by atoms with Crippen molar-refractivity contribution in [3.63, 3.8) is 0 Å². The summed E-state index contributed by atoms with van der Waals surface area (Å²) in [6, 6.07) is 17.0. The Morgan fingerprint density at radius 3 is 2.77 bits per heavy atom. The van der Waals surface area contributed by atoms with Crippen LogP contribution in [0.5, 0.6) is 0 Å². The third-order valence-corrected chi connectivity index (χ3v) is 4.99. The molecule has 0 spiro atoms. The van der Waals surface area contributed by atoms with E-state index in [4.69, 9.17) is 4.74 Å². The summed E-state index contributed by atoms with van der Waals surface area (Å²) in [6.07, 6.45) is 3.42. The number of nitrogens with zero attached hydrogens (tertiary/aromatic N) is 5. The number of hydrogen-bond acceptors (Lipinski definition) is 6. The second-order valence-corrected chi connectivity index (χ2v) is 6.94. The maximum atomic E-state index is 12.8. The highest BCUT2D eigenvalue weighted by Gasteiger charge is 2.17. The van der Waals surface area contributed by atoms with Crippen LogP contribution in [0.4, 0.5) is 11.5 Å². The standard InChI is InChI=1S/C22H20N6O2/c29-22(24-19-8-1-2-9-23-19)18-7-4-10-28-21(18)25-20(26-28)16-5-3-6-17(15-16)27-11-13-30-14-12-27/h1-10,15H,11-14H2,(H,23,24,29). The molecule has 1 amide bonds. The van der Waals surface area contributed by atoms with E-state index < -0.39 is 0 Å². The third kappa shape index (κ3) is 3.60. The summed E-state index contributed by atoms with van der Waals surface area (Å²) in [7, 11) is 0. The molecule has 4 aromatic rings. The minimum atomic E-state index is -0.277. The van der Waals surface area contributed by atoms with E-state index in [2.05, 4.69) is 37.4 Å². The highest BCUT2D eigenvalue weighted by atomic mass is 16.5. The maximum Gasteiger partial charge on any atom is 0.260 e. The van der Waals surface area contributed by atoms with Crippen LogP contribution < -0.4 is 10.2 Å². The molecule has 1 N–H and O–H groups in total. The Balaban J connectivity index is 1.47. The number of carbonyl (C=O) groups is 1. The van der Waals surface area contributed by atoms with E-state index in [9.17, 15) is 4.79 Å². The fraction of sp³-hybridized carbons (Fsp3) is 0.182. The summed E-state index contributed by atoms with van der Waals surface area (Å²) in [6.45, 7) is 3.18. The second-order valence-electron chi connectivity index (χ2n) is 6.94. The number of carbonyl (C=O) groups excluding carboxylic acids is 1. The molecule has 0 radical (unpaired) electrons. The fourth-order valence-electron chi connectivity index (χ4n) is 3.49. The highest BCUT2D eigenvalue weighted by molar-refractivity contribution is 6.07. The average Bonchev–Trinajstić information content (AvgIpc) is 3.25. The lowest BCUT2D eigenvalue weighted by Crippen LogP contribution is -2.36. The third-order valence-electron chi connectivity index (χ3n) is 4.99. The monoisotopic (exact) mass is 400 g/mol. The molecule has 1 aliphatic heterocycles. The lowest BCUT2D eigenvalue weighted by molar-refractivity contribution is 0.102. The van der Waals surface area contributed by atoms with Crippen LogP contribution in [-0.2, 0) is 4.74 Å². The van der Waals surface area contributed by atoms with Gasteiger partial charge >= 0.3 is 0 Å². The number of ether oxygens (including phenoxy) is 1. The second kappa shape index (κ2) is 7.92. The van der Waals surface area contributed by atoms with Crippen molar-refractivity contribution >= 4 is 23.1 Å². The van der Waals surface area contributed by atoms with Crippen LogP contribution in [0.2, 0.25) is 0 Å². The zero-order valence-corrected chi connectivity index (χ0v) is 16.2. The molecule has 150 valence electrons. The van der Waals surface area contributed by atoms with Gasteiger partial charge < -0.3 is 15.0 Å². The van der Waals surface area contributed by atoms with Gasteiger partial charge in [0.1, 0.15) is 5.82 Å². The van der Waals surface area contributed by atoms with Gasteiger partial charge in [0.2, 0.25) is 0 Å². The van der Waals surface area contributed by atoms with Gasteiger partial charge in [-0.25, -0.2) is 14.5 Å². The normalized spacial score (nSPS) is 14.1. The van der Waals surface area contributed by atoms with Crippen LogP contribution in [0.15, 0.2) is 67.0 Å². The first-order valence-corrected chi connectivity index (χ1v) is 9.79. The molecule has 0 atom stereocenters. The Bertz CT molecular complexity index is 1180. The molecular formula is C22H20N6O2. The molecule has 1 aliphatic rings. The molecule has 0 aliphatic carbocycles. The molecule has 1 fully saturated rings. The molecule has 0 saturated carbocycles. The summed E-state index contributed by atoms with van der Waals surface area (Å²) < 4.78 is 7.07. The van der Waals surface area contributed by atoms with Crippen LogP contribution in [0.3, 0.4) is 0 Å². The maximum absolute atomic E-state index is 12.8. The number of benzene rings is 1. The van der Waals surface area contributed by atoms with Crippen molar-refractivity contribution in [1.29, 1.82) is 0 Å². The number of morpholine rings is 1. The summed E-state index contributed by atoms with van der Waals surface area (Å²) in [5.41, 5.74) is 2.95. The number of aromatic nitrogens is 4. The molecule has 1 aromatic carbocycles. The van der Waals surface area contributed by atoms with Gasteiger partial charge in [0.25, 0.3) is 5.91 Å². The number of fused-ring (bicyclic) bond motifs is 1. The van der Waals surface area contributed by atoms with Crippen LogP contribution in [0.25, 0.3) is 17.0 Å². The number of nitrogens with one attached hydrogen (secondary N) is 1. The van der Waals surface area contributed by atoms with Crippen molar-refractivity contribution in [2.24, 2.45) is 0 Å². The molecule has 1 saturated heterocycles. The van der Waals surface area contributed by atoms with Gasteiger partial charge in [-0.15, -0.1) is 5.10 Å². The topological polar surface area (TPSA) is 84.7 Å². The van der Waals surface area contributed by atoms with E-state index in [0.29, 0.717) is 22.9 Å². The van der Waals surface area contributed by atoms with Gasteiger partial charge in [-0.1, -0.05) is 18.2 Å². The highest BCUT2D eigenvalue weighted by Crippen LogP contribution is 2.24. The Morgan fingerprint density at radius 2 is 1.93 bits per heavy atom. The van der Waals surface area contributed by atoms with E-state index >= 15 is 0 Å². The summed E-state index contributed by atoms with van der Waals surface area (Å²) in [4.78, 5) is 23.9. The van der Waals surface area contributed by atoms with Gasteiger partial charge in [-0.2, -0.15) is 0 Å². The van der Waals surface area contributed by atoms with Gasteiger partial charge in [-0.3, -0.25) is 4.79 Å². The molecule has 8 heteroatoms. The predicted molar refractivity (Wildman–Crippen MR) is 114 cm³/mol. The largest absolute Gasteiger partial charge is 0.378 e. The molecule has 8 nitrogen and oxygen atoms in total. The van der Waals surface area contributed by atoms with E-state index in [1.165, 1.54) is 0 Å². The van der Waals surface area contributed by atoms with Gasteiger partial charge in [0.05, 0.1) is 18.8 Å². The lowest BCUT2D eigenvalue weighted by Gasteiger charge is -2.29. The van der Waals surface area contributed by atoms with Gasteiger partial charge in [0.15, 0.2) is 11.5 Å². The molecule has 0 unspecified atom stereocenters. The van der Waals surface area contributed by atoms with Crippen molar-refractivity contribution in [2.75, 3.05) is 36.5 Å². The van der Waals surface area contributed by atoms with Crippen molar-refractivity contribution in [3.05, 3.63) is 72.6 Å². The minimum absolute atomic E-state index is 0.277. The van der Waals surface area contributed by atoms with Crippen LogP contribution >= 0.6 is 0 Å². The smallest absolute Gasteiger partial charge is 0.260 e. The quantitative estimate of drug-likeness (QED) is 0.567. The number of rotatable bonds is 4. The summed E-state index contributed by atoms with van der Waals surface area (Å²) >= 11 is 0. The molecule has 30 heavy (non-hydrogen) atoms. The number of hydrogen-bond donors (Lipinski definition) is 1. The SMILES string of the molecule is O=C(Nc1ccccn1)c1cccn2nc(-c3cccc(N4CCOCC4)c3)nc12. The van der Waals surface area contributed by atoms with Crippen LogP contribution in [0.1, 0.15) is 10.4 Å². The number of anilines is 2. The van der Waals surface area contributed by atoms with Crippen molar-refractivity contribution in [3.8, 4) is 11.4 Å². The lowest BCUT2D eigenvalue weighted by atomic mass is 10.1.